The topological polar surface area (TPSA) is 46.3 Å². The first-order valence-electron chi connectivity index (χ1n) is 7.85. The summed E-state index contributed by atoms with van der Waals surface area (Å²) in [7, 11) is 0. The predicted molar refractivity (Wildman–Crippen MR) is 82.7 cm³/mol. The van der Waals surface area contributed by atoms with Gasteiger partial charge in [-0.15, -0.1) is 0 Å². The summed E-state index contributed by atoms with van der Waals surface area (Å²) in [6, 6.07) is 5.15. The van der Waals surface area contributed by atoms with Gasteiger partial charge in [-0.05, 0) is 51.2 Å². The van der Waals surface area contributed by atoms with E-state index in [1.54, 1.807) is 12.1 Å². The van der Waals surface area contributed by atoms with E-state index in [0.717, 1.165) is 37.7 Å². The summed E-state index contributed by atoms with van der Waals surface area (Å²) in [6.07, 6.45) is 4.59. The van der Waals surface area contributed by atoms with E-state index < -0.39 is 5.82 Å². The average Bonchev–Trinajstić information content (AvgIpc) is 2.48. The van der Waals surface area contributed by atoms with Gasteiger partial charge in [-0.25, -0.2) is 4.39 Å². The van der Waals surface area contributed by atoms with Crippen LogP contribution in [0.2, 0.25) is 0 Å². The zero-order chi connectivity index (χ0) is 15.4. The Balaban J connectivity index is 2.20. The number of rotatable bonds is 4. The van der Waals surface area contributed by atoms with Crippen molar-refractivity contribution >= 4 is 5.91 Å². The van der Waals surface area contributed by atoms with Gasteiger partial charge in [0.15, 0.2) is 0 Å². The molecule has 116 valence electrons. The summed E-state index contributed by atoms with van der Waals surface area (Å²) in [5.41, 5.74) is 7.04. The summed E-state index contributed by atoms with van der Waals surface area (Å²) in [6.45, 7) is 4.59. The van der Waals surface area contributed by atoms with E-state index in [-0.39, 0.29) is 23.6 Å². The van der Waals surface area contributed by atoms with Crippen LogP contribution in [0.5, 0.6) is 0 Å². The molecule has 1 aromatic carbocycles. The maximum Gasteiger partial charge on any atom is 0.257 e. The first kappa shape index (κ1) is 16.0. The second kappa shape index (κ2) is 7.03. The standard InChI is InChI=1S/C17H25FN2O/c1-3-10-20(14-7-5-13(19)6-8-14)17(21)15-11-12(2)4-9-16(15)18/h4,9,11,13-14H,3,5-8,10,19H2,1-2H3. The molecule has 1 saturated carbocycles. The van der Waals surface area contributed by atoms with Crippen LogP contribution in [0.3, 0.4) is 0 Å². The van der Waals surface area contributed by atoms with Gasteiger partial charge in [-0.2, -0.15) is 0 Å². The van der Waals surface area contributed by atoms with Crippen molar-refractivity contribution in [2.24, 2.45) is 5.73 Å². The fraction of sp³-hybridized carbons (Fsp3) is 0.588. The normalized spacial score (nSPS) is 22.1. The van der Waals surface area contributed by atoms with Gasteiger partial charge < -0.3 is 10.6 Å². The van der Waals surface area contributed by atoms with Crippen LogP contribution in [0.1, 0.15) is 54.9 Å². The third-order valence-corrected chi connectivity index (χ3v) is 4.26. The van der Waals surface area contributed by atoms with Crippen molar-refractivity contribution in [2.75, 3.05) is 6.54 Å². The highest BCUT2D eigenvalue weighted by molar-refractivity contribution is 5.95. The Hall–Kier alpha value is -1.42. The lowest BCUT2D eigenvalue weighted by atomic mass is 9.90. The number of carbonyl (C=O) groups is 1. The molecule has 2 N–H and O–H groups in total. The van der Waals surface area contributed by atoms with Crippen molar-refractivity contribution in [3.05, 3.63) is 35.1 Å². The summed E-state index contributed by atoms with van der Waals surface area (Å²) in [5, 5.41) is 0. The van der Waals surface area contributed by atoms with E-state index >= 15 is 0 Å². The van der Waals surface area contributed by atoms with Gasteiger partial charge in [-0.3, -0.25) is 4.79 Å². The lowest BCUT2D eigenvalue weighted by Crippen LogP contribution is -2.44. The highest BCUT2D eigenvalue weighted by atomic mass is 19.1. The zero-order valence-electron chi connectivity index (χ0n) is 12.9. The van der Waals surface area contributed by atoms with Crippen LogP contribution >= 0.6 is 0 Å². The molecule has 0 aromatic heterocycles. The number of halogens is 1. The molecule has 0 atom stereocenters. The van der Waals surface area contributed by atoms with Crippen LogP contribution in [-0.4, -0.2) is 29.4 Å². The number of hydrogen-bond acceptors (Lipinski definition) is 2. The Morgan fingerprint density at radius 2 is 2.00 bits per heavy atom. The molecule has 1 aliphatic carbocycles. The summed E-state index contributed by atoms with van der Waals surface area (Å²) >= 11 is 0. The third-order valence-electron chi connectivity index (χ3n) is 4.26. The number of hydrogen-bond donors (Lipinski definition) is 1. The quantitative estimate of drug-likeness (QED) is 0.926. The molecule has 1 fully saturated rings. The van der Waals surface area contributed by atoms with Gasteiger partial charge >= 0.3 is 0 Å². The number of carbonyl (C=O) groups excluding carboxylic acids is 1. The second-order valence-corrected chi connectivity index (χ2v) is 6.05. The Bertz CT molecular complexity index is 496. The zero-order valence-corrected chi connectivity index (χ0v) is 12.9. The lowest BCUT2D eigenvalue weighted by molar-refractivity contribution is 0.0622. The van der Waals surface area contributed by atoms with E-state index in [4.69, 9.17) is 5.73 Å². The SMILES string of the molecule is CCCN(C(=O)c1cc(C)ccc1F)C1CCC(N)CC1. The fourth-order valence-corrected chi connectivity index (χ4v) is 3.06. The molecule has 0 spiro atoms. The Labute approximate surface area is 126 Å². The summed E-state index contributed by atoms with van der Waals surface area (Å²) in [4.78, 5) is 14.6. The van der Waals surface area contributed by atoms with Gasteiger partial charge in [0.2, 0.25) is 0 Å². The van der Waals surface area contributed by atoms with Crippen LogP contribution in [0, 0.1) is 12.7 Å². The molecule has 1 aromatic rings. The molecule has 1 aliphatic rings. The van der Waals surface area contributed by atoms with Crippen molar-refractivity contribution in [3.8, 4) is 0 Å². The highest BCUT2D eigenvalue weighted by Crippen LogP contribution is 2.25. The molecular formula is C17H25FN2O. The number of nitrogens with zero attached hydrogens (tertiary/aromatic N) is 1. The number of nitrogens with two attached hydrogens (primary N) is 1. The van der Waals surface area contributed by atoms with Gasteiger partial charge in [0.25, 0.3) is 5.91 Å². The Morgan fingerprint density at radius 3 is 2.62 bits per heavy atom. The van der Waals surface area contributed by atoms with Crippen molar-refractivity contribution in [3.63, 3.8) is 0 Å². The molecule has 0 aliphatic heterocycles. The maximum atomic E-state index is 14.0. The predicted octanol–water partition coefficient (Wildman–Crippen LogP) is 3.26. The second-order valence-electron chi connectivity index (χ2n) is 6.05. The molecule has 4 heteroatoms. The lowest BCUT2D eigenvalue weighted by Gasteiger charge is -2.36. The van der Waals surface area contributed by atoms with Crippen LogP contribution in [-0.2, 0) is 0 Å². The third kappa shape index (κ3) is 3.82. The van der Waals surface area contributed by atoms with E-state index in [1.165, 1.54) is 6.07 Å². The van der Waals surface area contributed by atoms with Gasteiger partial charge in [0.1, 0.15) is 5.82 Å². The van der Waals surface area contributed by atoms with Crippen molar-refractivity contribution in [1.29, 1.82) is 0 Å². The van der Waals surface area contributed by atoms with Gasteiger partial charge in [0.05, 0.1) is 5.56 Å². The largest absolute Gasteiger partial charge is 0.336 e. The molecular weight excluding hydrogens is 267 g/mol. The van der Waals surface area contributed by atoms with Crippen molar-refractivity contribution < 1.29 is 9.18 Å². The minimum Gasteiger partial charge on any atom is -0.336 e. The first-order valence-corrected chi connectivity index (χ1v) is 7.85. The molecule has 0 saturated heterocycles. The van der Waals surface area contributed by atoms with Crippen LogP contribution in [0.25, 0.3) is 0 Å². The molecule has 2 rings (SSSR count). The molecule has 0 radical (unpaired) electrons. The molecule has 3 nitrogen and oxygen atoms in total. The number of amides is 1. The Morgan fingerprint density at radius 1 is 1.33 bits per heavy atom. The Kier molecular flexibility index (Phi) is 5.34. The fourth-order valence-electron chi connectivity index (χ4n) is 3.06. The van der Waals surface area contributed by atoms with Gasteiger partial charge in [-0.1, -0.05) is 18.6 Å². The minimum atomic E-state index is -0.431. The van der Waals surface area contributed by atoms with Gasteiger partial charge in [0, 0.05) is 18.6 Å². The van der Waals surface area contributed by atoms with Crippen molar-refractivity contribution in [2.45, 2.75) is 58.0 Å². The van der Waals surface area contributed by atoms with E-state index in [1.807, 2.05) is 18.7 Å². The van der Waals surface area contributed by atoms with Crippen LogP contribution in [0.15, 0.2) is 18.2 Å². The van der Waals surface area contributed by atoms with Crippen LogP contribution < -0.4 is 5.73 Å². The summed E-state index contributed by atoms with van der Waals surface area (Å²) < 4.78 is 14.0. The minimum absolute atomic E-state index is 0.182. The molecule has 0 heterocycles. The summed E-state index contributed by atoms with van der Waals surface area (Å²) in [5.74, 6) is -0.613. The highest BCUT2D eigenvalue weighted by Gasteiger charge is 2.29. The van der Waals surface area contributed by atoms with E-state index in [9.17, 15) is 9.18 Å². The maximum absolute atomic E-state index is 14.0. The average molecular weight is 292 g/mol. The monoisotopic (exact) mass is 292 g/mol. The number of aryl methyl sites for hydroxylation is 1. The first-order chi connectivity index (χ1) is 10.0. The van der Waals surface area contributed by atoms with E-state index in [2.05, 4.69) is 0 Å². The van der Waals surface area contributed by atoms with Crippen molar-refractivity contribution in [1.82, 2.24) is 4.90 Å². The number of benzene rings is 1. The molecule has 0 bridgehead atoms. The van der Waals surface area contributed by atoms with Crippen LogP contribution in [0.4, 0.5) is 4.39 Å². The molecule has 21 heavy (non-hydrogen) atoms. The molecule has 0 unspecified atom stereocenters. The van der Waals surface area contributed by atoms with E-state index in [0.29, 0.717) is 6.54 Å². The smallest absolute Gasteiger partial charge is 0.257 e. The molecule has 1 amide bonds.